The van der Waals surface area contributed by atoms with Gasteiger partial charge in [-0.2, -0.15) is 11.8 Å². The molecule has 0 spiro atoms. The van der Waals surface area contributed by atoms with Crippen molar-refractivity contribution < 1.29 is 14.3 Å². The van der Waals surface area contributed by atoms with Gasteiger partial charge in [-0.15, -0.1) is 0 Å². The normalized spacial score (nSPS) is 11.3. The fraction of sp³-hybridized carbons (Fsp3) is 0.321. The first-order valence-electron chi connectivity index (χ1n) is 11.8. The Balaban J connectivity index is 2.15. The van der Waals surface area contributed by atoms with E-state index in [9.17, 15) is 14.4 Å². The summed E-state index contributed by atoms with van der Waals surface area (Å²) in [7, 11) is 1.64. The minimum Gasteiger partial charge on any atom is -0.444 e. The summed E-state index contributed by atoms with van der Waals surface area (Å²) in [4.78, 5) is 38.6. The van der Waals surface area contributed by atoms with Crippen molar-refractivity contribution >= 4 is 46.8 Å². The number of halogens is 2. The monoisotopic (exact) mass is 560 g/mol. The van der Waals surface area contributed by atoms with Crippen LogP contribution in [0.1, 0.15) is 54.7 Å². The fourth-order valence-electron chi connectivity index (χ4n) is 3.69. The molecular formula is C28H30Cl2N2O4S. The number of alkyl carbamates (subject to hydrolysis) is 1. The topological polar surface area (TPSA) is 77.4 Å². The third-order valence-electron chi connectivity index (χ3n) is 5.42. The van der Waals surface area contributed by atoms with Gasteiger partial charge in [0.15, 0.2) is 5.78 Å². The number of rotatable bonds is 8. The summed E-state index contributed by atoms with van der Waals surface area (Å²) in [5, 5.41) is 3.19. The number of benzene rings is 2. The van der Waals surface area contributed by atoms with Crippen LogP contribution in [0, 0.1) is 0 Å². The van der Waals surface area contributed by atoms with E-state index in [1.807, 2.05) is 12.1 Å². The van der Waals surface area contributed by atoms with Crippen LogP contribution in [0.4, 0.5) is 4.79 Å². The molecule has 6 nitrogen and oxygen atoms in total. The Bertz CT molecular complexity index is 1380. The van der Waals surface area contributed by atoms with Gasteiger partial charge in [-0.3, -0.25) is 9.59 Å². The molecule has 0 saturated carbocycles. The van der Waals surface area contributed by atoms with Crippen LogP contribution in [0.3, 0.4) is 0 Å². The third-order valence-corrected chi connectivity index (χ3v) is 7.19. The summed E-state index contributed by atoms with van der Waals surface area (Å²) >= 11 is 14.3. The lowest BCUT2D eigenvalue weighted by atomic mass is 9.91. The third kappa shape index (κ3) is 7.40. The lowest BCUT2D eigenvalue weighted by Gasteiger charge is -2.20. The molecule has 2 aromatic carbocycles. The molecule has 1 heterocycles. The van der Waals surface area contributed by atoms with Gasteiger partial charge in [-0.25, -0.2) is 4.79 Å². The van der Waals surface area contributed by atoms with E-state index >= 15 is 0 Å². The standard InChI is InChI=1S/C28H30Cl2N2O4S/c1-6-37-16-17-10-11-19(26(34)20-8-7-9-23(29)25(20)30)21(12-17)22-15-32(5)24(33)13-18(22)14-31-27(35)36-28(2,3)4/h7-13,15H,6,14,16H2,1-5H3,(H,31,35). The summed E-state index contributed by atoms with van der Waals surface area (Å²) in [5.41, 5.74) is 2.64. The number of hydrogen-bond acceptors (Lipinski definition) is 5. The van der Waals surface area contributed by atoms with Crippen LogP contribution in [-0.4, -0.2) is 27.8 Å². The average Bonchev–Trinajstić information content (AvgIpc) is 2.83. The quantitative estimate of drug-likeness (QED) is 0.304. The first-order chi connectivity index (χ1) is 17.4. The number of carbonyl (C=O) groups is 2. The lowest BCUT2D eigenvalue weighted by Crippen LogP contribution is -2.32. The smallest absolute Gasteiger partial charge is 0.407 e. The molecule has 9 heteroatoms. The maximum absolute atomic E-state index is 13.7. The van der Waals surface area contributed by atoms with Crippen LogP contribution in [0.5, 0.6) is 0 Å². The van der Waals surface area contributed by atoms with Crippen LogP contribution in [0.2, 0.25) is 10.0 Å². The summed E-state index contributed by atoms with van der Waals surface area (Å²) < 4.78 is 6.79. The van der Waals surface area contributed by atoms with Crippen LogP contribution < -0.4 is 10.9 Å². The van der Waals surface area contributed by atoms with Crippen LogP contribution in [-0.2, 0) is 24.1 Å². The molecule has 1 N–H and O–H groups in total. The number of nitrogens with zero attached hydrogens (tertiary/aromatic N) is 1. The largest absolute Gasteiger partial charge is 0.444 e. The number of aryl methyl sites for hydroxylation is 1. The predicted molar refractivity (Wildman–Crippen MR) is 152 cm³/mol. The minimum absolute atomic E-state index is 0.0415. The molecule has 0 fully saturated rings. The van der Waals surface area contributed by atoms with Crippen molar-refractivity contribution in [2.75, 3.05) is 5.75 Å². The second kappa shape index (κ2) is 12.2. The van der Waals surface area contributed by atoms with E-state index < -0.39 is 11.7 Å². The second-order valence-electron chi connectivity index (χ2n) is 9.46. The van der Waals surface area contributed by atoms with E-state index in [-0.39, 0.29) is 33.5 Å². The van der Waals surface area contributed by atoms with E-state index in [2.05, 4.69) is 12.2 Å². The summed E-state index contributed by atoms with van der Waals surface area (Å²) in [6.07, 6.45) is 1.07. The molecular weight excluding hydrogens is 531 g/mol. The molecule has 3 rings (SSSR count). The molecule has 1 amide bonds. The van der Waals surface area contributed by atoms with Gasteiger partial charge in [0.1, 0.15) is 5.60 Å². The number of hydrogen-bond donors (Lipinski definition) is 1. The molecule has 0 bridgehead atoms. The number of aromatic nitrogens is 1. The zero-order chi connectivity index (χ0) is 27.3. The van der Waals surface area contributed by atoms with Crippen LogP contribution in [0.15, 0.2) is 53.5 Å². The summed E-state index contributed by atoms with van der Waals surface area (Å²) in [6.45, 7) is 7.44. The van der Waals surface area contributed by atoms with E-state index in [1.165, 1.54) is 10.6 Å². The Labute approximate surface area is 231 Å². The molecule has 0 unspecified atom stereocenters. The van der Waals surface area contributed by atoms with Gasteiger partial charge >= 0.3 is 6.09 Å². The molecule has 3 aromatic rings. The molecule has 37 heavy (non-hydrogen) atoms. The first-order valence-corrected chi connectivity index (χ1v) is 13.7. The van der Waals surface area contributed by atoms with Crippen LogP contribution in [0.25, 0.3) is 11.1 Å². The maximum atomic E-state index is 13.7. The maximum Gasteiger partial charge on any atom is 0.407 e. The number of amides is 1. The van der Waals surface area contributed by atoms with Crippen molar-refractivity contribution in [1.29, 1.82) is 0 Å². The van der Waals surface area contributed by atoms with Gasteiger partial charge < -0.3 is 14.6 Å². The van der Waals surface area contributed by atoms with Gasteiger partial charge in [-0.1, -0.05) is 48.3 Å². The SMILES string of the molecule is CCSCc1ccc(C(=O)c2cccc(Cl)c2Cl)c(-c2cn(C)c(=O)cc2CNC(=O)OC(C)(C)C)c1. The number of carbonyl (C=O) groups excluding carboxylic acids is 2. The van der Waals surface area contributed by atoms with Crippen molar-refractivity contribution in [3.05, 3.63) is 91.3 Å². The Hall–Kier alpha value is -2.74. The highest BCUT2D eigenvalue weighted by Gasteiger charge is 2.22. The Morgan fingerprint density at radius 3 is 2.46 bits per heavy atom. The van der Waals surface area contributed by atoms with Gasteiger partial charge in [0.2, 0.25) is 0 Å². The molecule has 0 saturated heterocycles. The second-order valence-corrected chi connectivity index (χ2v) is 11.5. The van der Waals surface area contributed by atoms with Gasteiger partial charge in [0.05, 0.1) is 10.0 Å². The highest BCUT2D eigenvalue weighted by molar-refractivity contribution is 7.98. The van der Waals surface area contributed by atoms with Gasteiger partial charge in [0, 0.05) is 48.3 Å². The highest BCUT2D eigenvalue weighted by atomic mass is 35.5. The van der Waals surface area contributed by atoms with Crippen molar-refractivity contribution in [2.45, 2.75) is 45.6 Å². The summed E-state index contributed by atoms with van der Waals surface area (Å²) in [5.74, 6) is 1.41. The fourth-order valence-corrected chi connectivity index (χ4v) is 4.69. The van der Waals surface area contributed by atoms with E-state index in [0.29, 0.717) is 22.3 Å². The molecule has 0 aliphatic carbocycles. The number of pyridine rings is 1. The van der Waals surface area contributed by atoms with Crippen LogP contribution >= 0.6 is 35.0 Å². The number of thioether (sulfide) groups is 1. The number of ketones is 1. The average molecular weight is 562 g/mol. The van der Waals surface area contributed by atoms with E-state index in [4.69, 9.17) is 27.9 Å². The van der Waals surface area contributed by atoms with Crippen molar-refractivity contribution in [1.82, 2.24) is 9.88 Å². The zero-order valence-corrected chi connectivity index (χ0v) is 23.8. The first kappa shape index (κ1) is 28.8. The van der Waals surface area contributed by atoms with Crippen molar-refractivity contribution in [3.63, 3.8) is 0 Å². The Morgan fingerprint density at radius 1 is 1.05 bits per heavy atom. The molecule has 0 atom stereocenters. The molecule has 196 valence electrons. The molecule has 0 radical (unpaired) electrons. The van der Waals surface area contributed by atoms with Crippen molar-refractivity contribution in [3.8, 4) is 11.1 Å². The molecule has 1 aromatic heterocycles. The zero-order valence-electron chi connectivity index (χ0n) is 21.5. The highest BCUT2D eigenvalue weighted by Crippen LogP contribution is 2.33. The van der Waals surface area contributed by atoms with E-state index in [0.717, 1.165) is 17.1 Å². The number of ether oxygens (including phenoxy) is 1. The predicted octanol–water partition coefficient (Wildman–Crippen LogP) is 6.87. The Morgan fingerprint density at radius 2 is 1.78 bits per heavy atom. The number of nitrogens with one attached hydrogen (secondary N) is 1. The summed E-state index contributed by atoms with van der Waals surface area (Å²) in [6, 6.07) is 12.0. The lowest BCUT2D eigenvalue weighted by molar-refractivity contribution is 0.0523. The minimum atomic E-state index is -0.666. The molecule has 0 aliphatic heterocycles. The van der Waals surface area contributed by atoms with E-state index in [1.54, 1.807) is 70.0 Å². The Kier molecular flexibility index (Phi) is 9.51. The molecule has 0 aliphatic rings. The van der Waals surface area contributed by atoms with Gasteiger partial charge in [-0.05, 0) is 61.4 Å². The van der Waals surface area contributed by atoms with Crippen molar-refractivity contribution in [2.24, 2.45) is 7.05 Å². The van der Waals surface area contributed by atoms with Gasteiger partial charge in [0.25, 0.3) is 5.56 Å².